The molecule has 1 heterocycles. The highest BCUT2D eigenvalue weighted by Crippen LogP contribution is 2.34. The van der Waals surface area contributed by atoms with Gasteiger partial charge < -0.3 is 0 Å². The van der Waals surface area contributed by atoms with E-state index >= 15 is 0 Å². The molecule has 0 aliphatic rings. The van der Waals surface area contributed by atoms with Gasteiger partial charge in [-0.05, 0) is 34.5 Å². The lowest BCUT2D eigenvalue weighted by Gasteiger charge is -2.21. The van der Waals surface area contributed by atoms with Crippen LogP contribution in [0.25, 0.3) is 0 Å². The van der Waals surface area contributed by atoms with Crippen molar-refractivity contribution in [3.05, 3.63) is 20.8 Å². The predicted octanol–water partition coefficient (Wildman–Crippen LogP) is 4.42. The Morgan fingerprint density at radius 2 is 2.17 bits per heavy atom. The molecule has 0 radical (unpaired) electrons. The molecule has 0 saturated carbocycles. The molecule has 0 aromatic carbocycles. The van der Waals surface area contributed by atoms with Crippen LogP contribution in [0.5, 0.6) is 0 Å². The van der Waals surface area contributed by atoms with Gasteiger partial charge in [-0.2, -0.15) is 0 Å². The fraction of sp³-hybridized carbons (Fsp3) is 0.556. The first-order valence-corrected chi connectivity index (χ1v) is 6.02. The molecule has 0 unspecified atom stereocenters. The summed E-state index contributed by atoms with van der Waals surface area (Å²) in [5.41, 5.74) is 0.221. The third kappa shape index (κ3) is 2.48. The topological polar surface area (TPSA) is 0 Å². The number of hydrogen-bond acceptors (Lipinski definition) is 1. The van der Waals surface area contributed by atoms with E-state index in [1.54, 1.807) is 11.3 Å². The Hall–Kier alpha value is 0.470. The maximum Gasteiger partial charge on any atom is 0.0701 e. The summed E-state index contributed by atoms with van der Waals surface area (Å²) in [6, 6.07) is 4.26. The molecule has 1 aromatic rings. The Balaban J connectivity index is 2.81. The molecule has 0 N–H and O–H groups in total. The van der Waals surface area contributed by atoms with Crippen molar-refractivity contribution in [3.8, 4) is 0 Å². The first kappa shape index (κ1) is 10.6. The number of halogens is 2. The minimum absolute atomic E-state index is 0.221. The van der Waals surface area contributed by atoms with Crippen molar-refractivity contribution < 1.29 is 0 Å². The van der Waals surface area contributed by atoms with E-state index in [0.717, 1.165) is 12.3 Å². The van der Waals surface area contributed by atoms with Gasteiger partial charge >= 0.3 is 0 Å². The zero-order valence-electron chi connectivity index (χ0n) is 7.23. The normalized spacial score (nSPS) is 12.0. The van der Waals surface area contributed by atoms with Crippen molar-refractivity contribution in [3.63, 3.8) is 0 Å². The van der Waals surface area contributed by atoms with Gasteiger partial charge in [0.25, 0.3) is 0 Å². The first-order valence-electron chi connectivity index (χ1n) is 3.88. The summed E-state index contributed by atoms with van der Waals surface area (Å²) in [5.74, 6) is 0.725. The van der Waals surface area contributed by atoms with Crippen molar-refractivity contribution >= 4 is 38.9 Å². The second kappa shape index (κ2) is 4.12. The summed E-state index contributed by atoms with van der Waals surface area (Å²) in [6.07, 6.45) is 1.03. The second-order valence-electron chi connectivity index (χ2n) is 3.43. The number of alkyl halides is 1. The van der Waals surface area contributed by atoms with Crippen LogP contribution in [0.2, 0.25) is 0 Å². The molecule has 0 atom stereocenters. The zero-order chi connectivity index (χ0) is 9.19. The summed E-state index contributed by atoms with van der Waals surface area (Å²) in [4.78, 5) is 1.40. The van der Waals surface area contributed by atoms with E-state index in [2.05, 4.69) is 41.9 Å². The molecule has 0 saturated heterocycles. The third-order valence-electron chi connectivity index (χ3n) is 1.96. The second-order valence-corrected chi connectivity index (χ2v) is 6.27. The van der Waals surface area contributed by atoms with Crippen LogP contribution in [0, 0.1) is 0 Å². The summed E-state index contributed by atoms with van der Waals surface area (Å²) < 4.78 is 1.19. The number of rotatable bonds is 3. The van der Waals surface area contributed by atoms with Crippen LogP contribution in [0.3, 0.4) is 0 Å². The summed E-state index contributed by atoms with van der Waals surface area (Å²) in [5, 5.41) is 0. The summed E-state index contributed by atoms with van der Waals surface area (Å²) >= 11 is 11.0. The fourth-order valence-corrected chi connectivity index (χ4v) is 3.03. The predicted molar refractivity (Wildman–Crippen MR) is 60.4 cm³/mol. The molecule has 0 aliphatic heterocycles. The molecular weight excluding hydrogens is 256 g/mol. The van der Waals surface area contributed by atoms with Crippen molar-refractivity contribution in [2.45, 2.75) is 25.7 Å². The van der Waals surface area contributed by atoms with Crippen LogP contribution in [0.1, 0.15) is 25.1 Å². The minimum atomic E-state index is 0.221. The van der Waals surface area contributed by atoms with Crippen LogP contribution in [-0.4, -0.2) is 5.88 Å². The highest BCUT2D eigenvalue weighted by atomic mass is 79.9. The lowest BCUT2D eigenvalue weighted by molar-refractivity contribution is 0.520. The average molecular weight is 268 g/mol. The standard InChI is InChI=1S/C9H12BrClS/c1-9(2,5-6-11)7-3-4-8(10)12-7/h3-4H,5-6H2,1-2H3. The fourth-order valence-electron chi connectivity index (χ4n) is 1.04. The third-order valence-corrected chi connectivity index (χ3v) is 4.14. The van der Waals surface area contributed by atoms with E-state index < -0.39 is 0 Å². The van der Waals surface area contributed by atoms with Crippen molar-refractivity contribution in [1.82, 2.24) is 0 Å². The van der Waals surface area contributed by atoms with Gasteiger partial charge in [-0.25, -0.2) is 0 Å². The van der Waals surface area contributed by atoms with E-state index in [1.807, 2.05) is 0 Å². The lowest BCUT2D eigenvalue weighted by atomic mass is 9.89. The molecule has 0 spiro atoms. The Morgan fingerprint density at radius 3 is 2.58 bits per heavy atom. The van der Waals surface area contributed by atoms with Gasteiger partial charge in [0.15, 0.2) is 0 Å². The van der Waals surface area contributed by atoms with Crippen molar-refractivity contribution in [2.24, 2.45) is 0 Å². The molecule has 0 amide bonds. The average Bonchev–Trinajstić information content (AvgIpc) is 2.36. The van der Waals surface area contributed by atoms with Gasteiger partial charge in [0.1, 0.15) is 0 Å². The molecule has 0 fully saturated rings. The van der Waals surface area contributed by atoms with Gasteiger partial charge in [0.05, 0.1) is 3.79 Å². The van der Waals surface area contributed by atoms with Crippen molar-refractivity contribution in [1.29, 1.82) is 0 Å². The Bertz CT molecular complexity index is 255. The van der Waals surface area contributed by atoms with Gasteiger partial charge in [-0.15, -0.1) is 22.9 Å². The van der Waals surface area contributed by atoms with E-state index in [-0.39, 0.29) is 5.41 Å². The maximum atomic E-state index is 5.74. The first-order chi connectivity index (χ1) is 5.56. The zero-order valence-corrected chi connectivity index (χ0v) is 10.4. The monoisotopic (exact) mass is 266 g/mol. The SMILES string of the molecule is CC(C)(CCCl)c1ccc(Br)s1. The maximum absolute atomic E-state index is 5.74. The van der Waals surface area contributed by atoms with Crippen LogP contribution in [0.15, 0.2) is 15.9 Å². The highest BCUT2D eigenvalue weighted by Gasteiger charge is 2.21. The van der Waals surface area contributed by atoms with Crippen LogP contribution in [-0.2, 0) is 5.41 Å². The lowest BCUT2D eigenvalue weighted by Crippen LogP contribution is -2.15. The Labute approximate surface area is 91.1 Å². The highest BCUT2D eigenvalue weighted by molar-refractivity contribution is 9.11. The molecule has 1 rings (SSSR count). The Morgan fingerprint density at radius 1 is 1.50 bits per heavy atom. The minimum Gasteiger partial charge on any atom is -0.133 e. The summed E-state index contributed by atoms with van der Waals surface area (Å²) in [6.45, 7) is 4.46. The molecule has 12 heavy (non-hydrogen) atoms. The molecule has 1 aromatic heterocycles. The molecule has 68 valence electrons. The van der Waals surface area contributed by atoms with E-state index in [0.29, 0.717) is 0 Å². The molecule has 0 nitrogen and oxygen atoms in total. The van der Waals surface area contributed by atoms with E-state index in [1.165, 1.54) is 8.66 Å². The van der Waals surface area contributed by atoms with Gasteiger partial charge in [0.2, 0.25) is 0 Å². The van der Waals surface area contributed by atoms with Crippen LogP contribution in [0.4, 0.5) is 0 Å². The number of thiophene rings is 1. The Kier molecular flexibility index (Phi) is 3.62. The van der Waals surface area contributed by atoms with E-state index in [9.17, 15) is 0 Å². The largest absolute Gasteiger partial charge is 0.133 e. The molecule has 0 bridgehead atoms. The smallest absolute Gasteiger partial charge is 0.0701 e. The van der Waals surface area contributed by atoms with Crippen LogP contribution < -0.4 is 0 Å². The van der Waals surface area contributed by atoms with Crippen LogP contribution >= 0.6 is 38.9 Å². The van der Waals surface area contributed by atoms with E-state index in [4.69, 9.17) is 11.6 Å². The van der Waals surface area contributed by atoms with Gasteiger partial charge in [-0.3, -0.25) is 0 Å². The van der Waals surface area contributed by atoms with Gasteiger partial charge in [-0.1, -0.05) is 13.8 Å². The molecule has 3 heteroatoms. The number of hydrogen-bond donors (Lipinski definition) is 0. The molecule has 0 aliphatic carbocycles. The quantitative estimate of drug-likeness (QED) is 0.711. The molecular formula is C9H12BrClS. The summed E-state index contributed by atoms with van der Waals surface area (Å²) in [7, 11) is 0. The van der Waals surface area contributed by atoms with Crippen molar-refractivity contribution in [2.75, 3.05) is 5.88 Å². The van der Waals surface area contributed by atoms with Gasteiger partial charge in [0, 0.05) is 16.2 Å².